The number of anilines is 1. The van der Waals surface area contributed by atoms with Gasteiger partial charge in [-0.3, -0.25) is 4.79 Å². The number of benzene rings is 1. The van der Waals surface area contributed by atoms with Gasteiger partial charge in [0.15, 0.2) is 0 Å². The third-order valence-corrected chi connectivity index (χ3v) is 5.76. The molecule has 22 heavy (non-hydrogen) atoms. The molecule has 2 heterocycles. The van der Waals surface area contributed by atoms with Gasteiger partial charge in [0.2, 0.25) is 0 Å². The molecule has 5 heteroatoms. The van der Waals surface area contributed by atoms with E-state index in [0.717, 1.165) is 12.0 Å². The second-order valence-corrected chi connectivity index (χ2v) is 8.37. The van der Waals surface area contributed by atoms with Crippen molar-refractivity contribution in [3.8, 4) is 0 Å². The maximum absolute atomic E-state index is 11.8. The standard InChI is InChI=1S/C17H20N2OS2/c1-10-9-17(2,3)19(4)13-6-5-11(7-12(10)13)8-14-15(20)18-16(21)22-14/h5-8,10H,9H2,1-4H3,(H,18,20,21)/b14-8+/t10-/m0/s1. The molecule has 1 aromatic rings. The third kappa shape index (κ3) is 2.68. The Morgan fingerprint density at radius 3 is 2.82 bits per heavy atom. The van der Waals surface area contributed by atoms with Gasteiger partial charge in [-0.15, -0.1) is 0 Å². The summed E-state index contributed by atoms with van der Waals surface area (Å²) in [6.07, 6.45) is 3.04. The summed E-state index contributed by atoms with van der Waals surface area (Å²) in [5.41, 5.74) is 3.85. The fraction of sp³-hybridized carbons (Fsp3) is 0.412. The van der Waals surface area contributed by atoms with E-state index in [1.807, 2.05) is 6.08 Å². The molecule has 1 amide bonds. The van der Waals surface area contributed by atoms with Crippen molar-refractivity contribution in [2.75, 3.05) is 11.9 Å². The van der Waals surface area contributed by atoms with Crippen molar-refractivity contribution in [1.29, 1.82) is 0 Å². The molecule has 3 nitrogen and oxygen atoms in total. The maximum atomic E-state index is 11.8. The fourth-order valence-electron chi connectivity index (χ4n) is 3.26. The molecule has 1 atom stereocenters. The van der Waals surface area contributed by atoms with E-state index in [-0.39, 0.29) is 11.4 Å². The van der Waals surface area contributed by atoms with Gasteiger partial charge in [0.05, 0.1) is 4.91 Å². The Bertz CT molecular complexity index is 694. The van der Waals surface area contributed by atoms with Crippen LogP contribution in [-0.2, 0) is 4.79 Å². The van der Waals surface area contributed by atoms with Crippen molar-refractivity contribution in [2.45, 2.75) is 38.6 Å². The first-order chi connectivity index (χ1) is 10.3. The Balaban J connectivity index is 1.98. The van der Waals surface area contributed by atoms with E-state index in [9.17, 15) is 4.79 Å². The molecule has 1 saturated heterocycles. The fourth-order valence-corrected chi connectivity index (χ4v) is 4.30. The molecule has 0 radical (unpaired) electrons. The molecular weight excluding hydrogens is 312 g/mol. The number of hydrogen-bond donors (Lipinski definition) is 1. The topological polar surface area (TPSA) is 32.3 Å². The average Bonchev–Trinajstić information content (AvgIpc) is 2.74. The van der Waals surface area contributed by atoms with Crippen LogP contribution in [0.3, 0.4) is 0 Å². The van der Waals surface area contributed by atoms with Crippen LogP contribution in [0.5, 0.6) is 0 Å². The Morgan fingerprint density at radius 2 is 2.18 bits per heavy atom. The molecule has 0 spiro atoms. The second-order valence-electron chi connectivity index (χ2n) is 6.65. The molecule has 3 rings (SSSR count). The van der Waals surface area contributed by atoms with Crippen molar-refractivity contribution in [3.05, 3.63) is 34.2 Å². The smallest absolute Gasteiger partial charge is 0.263 e. The van der Waals surface area contributed by atoms with Gasteiger partial charge in [-0.2, -0.15) is 0 Å². The number of thioether (sulfide) groups is 1. The summed E-state index contributed by atoms with van der Waals surface area (Å²) < 4.78 is 0.532. The number of amides is 1. The number of hydrogen-bond acceptors (Lipinski definition) is 4. The first-order valence-corrected chi connectivity index (χ1v) is 8.63. The molecule has 2 aliphatic rings. The largest absolute Gasteiger partial charge is 0.369 e. The number of fused-ring (bicyclic) bond motifs is 1. The number of nitrogens with one attached hydrogen (secondary N) is 1. The highest BCUT2D eigenvalue weighted by atomic mass is 32.2. The predicted octanol–water partition coefficient (Wildman–Crippen LogP) is 3.90. The highest BCUT2D eigenvalue weighted by Crippen LogP contribution is 2.43. The zero-order chi connectivity index (χ0) is 16.1. The summed E-state index contributed by atoms with van der Waals surface area (Å²) in [6, 6.07) is 6.44. The molecular formula is C17H20N2OS2. The van der Waals surface area contributed by atoms with Gasteiger partial charge >= 0.3 is 0 Å². The third-order valence-electron chi connectivity index (χ3n) is 4.60. The summed E-state index contributed by atoms with van der Waals surface area (Å²) >= 11 is 6.36. The van der Waals surface area contributed by atoms with Crippen LogP contribution < -0.4 is 10.2 Å². The predicted molar refractivity (Wildman–Crippen MR) is 98.3 cm³/mol. The summed E-state index contributed by atoms with van der Waals surface area (Å²) in [6.45, 7) is 6.84. The zero-order valence-electron chi connectivity index (χ0n) is 13.3. The van der Waals surface area contributed by atoms with E-state index in [2.05, 4.69) is 56.2 Å². The average molecular weight is 332 g/mol. The minimum Gasteiger partial charge on any atom is -0.369 e. The molecule has 1 aromatic carbocycles. The maximum Gasteiger partial charge on any atom is 0.263 e. The first kappa shape index (κ1) is 15.6. The minimum atomic E-state index is -0.0981. The normalized spacial score (nSPS) is 25.4. The van der Waals surface area contributed by atoms with Crippen molar-refractivity contribution in [1.82, 2.24) is 5.32 Å². The molecule has 0 aliphatic carbocycles. The monoisotopic (exact) mass is 332 g/mol. The summed E-state index contributed by atoms with van der Waals surface area (Å²) in [4.78, 5) is 14.8. The summed E-state index contributed by atoms with van der Waals surface area (Å²) in [7, 11) is 2.15. The molecule has 0 unspecified atom stereocenters. The van der Waals surface area contributed by atoms with E-state index in [1.165, 1.54) is 23.0 Å². The van der Waals surface area contributed by atoms with Gasteiger partial charge in [-0.05, 0) is 55.5 Å². The lowest BCUT2D eigenvalue weighted by Gasteiger charge is -2.45. The van der Waals surface area contributed by atoms with Crippen molar-refractivity contribution in [2.24, 2.45) is 0 Å². The number of carbonyl (C=O) groups is 1. The van der Waals surface area contributed by atoms with Crippen molar-refractivity contribution >= 4 is 46.0 Å². The van der Waals surface area contributed by atoms with Gasteiger partial charge in [0, 0.05) is 18.3 Å². The second kappa shape index (κ2) is 5.39. The molecule has 1 N–H and O–H groups in total. The van der Waals surface area contributed by atoms with Crippen molar-refractivity contribution < 1.29 is 4.79 Å². The zero-order valence-corrected chi connectivity index (χ0v) is 14.9. The van der Waals surface area contributed by atoms with E-state index in [4.69, 9.17) is 12.2 Å². The van der Waals surface area contributed by atoms with Crippen LogP contribution >= 0.6 is 24.0 Å². The number of carbonyl (C=O) groups excluding carboxylic acids is 1. The molecule has 1 fully saturated rings. The Labute approximate surface area is 141 Å². The summed E-state index contributed by atoms with van der Waals surface area (Å²) in [5.74, 6) is 0.407. The number of rotatable bonds is 1. The molecule has 116 valence electrons. The molecule has 0 saturated carbocycles. The van der Waals surface area contributed by atoms with Gasteiger partial charge in [-0.1, -0.05) is 37.0 Å². The van der Waals surface area contributed by atoms with Gasteiger partial charge < -0.3 is 10.2 Å². The lowest BCUT2D eigenvalue weighted by Crippen LogP contribution is -2.45. The van der Waals surface area contributed by atoms with E-state index in [0.29, 0.717) is 15.1 Å². The summed E-state index contributed by atoms with van der Waals surface area (Å²) in [5, 5.41) is 2.65. The van der Waals surface area contributed by atoms with E-state index >= 15 is 0 Å². The van der Waals surface area contributed by atoms with Crippen LogP contribution in [0.25, 0.3) is 6.08 Å². The number of thiocarbonyl (C=S) groups is 1. The van der Waals surface area contributed by atoms with Crippen LogP contribution in [0, 0.1) is 0 Å². The Kier molecular flexibility index (Phi) is 3.81. The van der Waals surface area contributed by atoms with Gasteiger partial charge in [0.25, 0.3) is 5.91 Å². The van der Waals surface area contributed by atoms with Crippen molar-refractivity contribution in [3.63, 3.8) is 0 Å². The van der Waals surface area contributed by atoms with Crippen LogP contribution in [0.2, 0.25) is 0 Å². The lowest BCUT2D eigenvalue weighted by molar-refractivity contribution is -0.115. The van der Waals surface area contributed by atoms with Crippen LogP contribution in [0.15, 0.2) is 23.1 Å². The number of nitrogens with zero attached hydrogens (tertiary/aromatic N) is 1. The van der Waals surface area contributed by atoms with Gasteiger partial charge in [0.1, 0.15) is 4.32 Å². The molecule has 0 bridgehead atoms. The Morgan fingerprint density at radius 1 is 1.45 bits per heavy atom. The quantitative estimate of drug-likeness (QED) is 0.624. The lowest BCUT2D eigenvalue weighted by atomic mass is 9.80. The van der Waals surface area contributed by atoms with Crippen LogP contribution in [0.4, 0.5) is 5.69 Å². The van der Waals surface area contributed by atoms with Gasteiger partial charge in [-0.25, -0.2) is 0 Å². The molecule has 2 aliphatic heterocycles. The highest BCUT2D eigenvalue weighted by molar-refractivity contribution is 8.26. The van der Waals surface area contributed by atoms with E-state index in [1.54, 1.807) is 0 Å². The SMILES string of the molecule is C[C@H]1CC(C)(C)N(C)c2ccc(/C=C3/SC(=S)NC3=O)cc21. The highest BCUT2D eigenvalue weighted by Gasteiger charge is 2.34. The molecule has 0 aromatic heterocycles. The van der Waals surface area contributed by atoms with Crippen LogP contribution in [0.1, 0.15) is 44.2 Å². The van der Waals surface area contributed by atoms with E-state index < -0.39 is 0 Å². The Hall–Kier alpha value is -1.33. The van der Waals surface area contributed by atoms with Crippen LogP contribution in [-0.4, -0.2) is 22.8 Å². The first-order valence-electron chi connectivity index (χ1n) is 7.40. The minimum absolute atomic E-state index is 0.0981.